The van der Waals surface area contributed by atoms with Gasteiger partial charge >= 0.3 is 6.03 Å². The van der Waals surface area contributed by atoms with Crippen molar-refractivity contribution < 1.29 is 13.2 Å². The molecule has 0 bridgehead atoms. The van der Waals surface area contributed by atoms with Crippen LogP contribution in [0.3, 0.4) is 0 Å². The summed E-state index contributed by atoms with van der Waals surface area (Å²) in [5.74, 6) is 0. The van der Waals surface area contributed by atoms with E-state index in [1.807, 2.05) is 0 Å². The van der Waals surface area contributed by atoms with Crippen molar-refractivity contribution >= 4 is 53.6 Å². The van der Waals surface area contributed by atoms with E-state index in [9.17, 15) is 13.2 Å². The summed E-state index contributed by atoms with van der Waals surface area (Å²) in [6.45, 7) is 3.77. The third-order valence-electron chi connectivity index (χ3n) is 3.88. The molecular formula is C17H14Br2N2O3S. The molecule has 25 heavy (non-hydrogen) atoms. The zero-order valence-electron chi connectivity index (χ0n) is 13.0. The van der Waals surface area contributed by atoms with Crippen LogP contribution in [0, 0.1) is 0 Å². The quantitative estimate of drug-likeness (QED) is 0.603. The lowest BCUT2D eigenvalue weighted by atomic mass is 10.2. The second-order valence-corrected chi connectivity index (χ2v) is 9.12. The second-order valence-electron chi connectivity index (χ2n) is 5.42. The SMILES string of the molecule is C=CC1CN(S(=O)(=O)c2ccc(Br)cc2)C(=O)N1c1ccc(Br)cc1. The molecule has 0 saturated carbocycles. The van der Waals surface area contributed by atoms with Gasteiger partial charge in [-0.1, -0.05) is 37.9 Å². The van der Waals surface area contributed by atoms with Gasteiger partial charge in [-0.05, 0) is 48.5 Å². The molecule has 1 atom stereocenters. The minimum absolute atomic E-state index is 0.0246. The maximum Gasteiger partial charge on any atom is 0.339 e. The molecule has 2 aromatic carbocycles. The largest absolute Gasteiger partial charge is 0.339 e. The van der Waals surface area contributed by atoms with E-state index in [1.165, 1.54) is 17.0 Å². The summed E-state index contributed by atoms with van der Waals surface area (Å²) >= 11 is 6.62. The molecule has 1 unspecified atom stereocenters. The molecule has 8 heteroatoms. The van der Waals surface area contributed by atoms with Crippen LogP contribution in [0.5, 0.6) is 0 Å². The molecule has 0 aliphatic carbocycles. The third kappa shape index (κ3) is 3.38. The van der Waals surface area contributed by atoms with Gasteiger partial charge in [-0.15, -0.1) is 6.58 Å². The molecule has 0 aromatic heterocycles. The van der Waals surface area contributed by atoms with Crippen molar-refractivity contribution in [1.82, 2.24) is 4.31 Å². The van der Waals surface area contributed by atoms with Gasteiger partial charge in [-0.2, -0.15) is 0 Å². The smallest absolute Gasteiger partial charge is 0.285 e. The van der Waals surface area contributed by atoms with E-state index in [1.54, 1.807) is 42.5 Å². The number of halogens is 2. The monoisotopic (exact) mass is 484 g/mol. The normalized spacial score (nSPS) is 17.8. The summed E-state index contributed by atoms with van der Waals surface area (Å²) < 4.78 is 28.3. The number of nitrogens with zero attached hydrogens (tertiary/aromatic N) is 2. The first kappa shape index (κ1) is 18.2. The molecular weight excluding hydrogens is 472 g/mol. The highest BCUT2D eigenvalue weighted by molar-refractivity contribution is 9.10. The first-order chi connectivity index (χ1) is 11.8. The molecule has 130 valence electrons. The molecule has 2 amide bonds. The molecule has 1 aliphatic heterocycles. The summed E-state index contributed by atoms with van der Waals surface area (Å²) in [4.78, 5) is 14.4. The predicted molar refractivity (Wildman–Crippen MR) is 104 cm³/mol. The van der Waals surface area contributed by atoms with E-state index in [-0.39, 0.29) is 11.4 Å². The molecule has 0 N–H and O–H groups in total. The number of carbonyl (C=O) groups excluding carboxylic acids is 1. The Labute approximate surface area is 163 Å². The average molecular weight is 486 g/mol. The van der Waals surface area contributed by atoms with E-state index < -0.39 is 22.1 Å². The first-order valence-corrected chi connectivity index (χ1v) is 10.4. The topological polar surface area (TPSA) is 57.7 Å². The van der Waals surface area contributed by atoms with Crippen molar-refractivity contribution in [3.8, 4) is 0 Å². The zero-order valence-corrected chi connectivity index (χ0v) is 17.0. The number of hydrogen-bond donors (Lipinski definition) is 0. The molecule has 3 rings (SSSR count). The maximum atomic E-state index is 12.9. The second kappa shape index (κ2) is 6.93. The minimum atomic E-state index is -3.93. The Morgan fingerprint density at radius 3 is 2.04 bits per heavy atom. The molecule has 1 saturated heterocycles. The highest BCUT2D eigenvalue weighted by Gasteiger charge is 2.43. The number of benzene rings is 2. The van der Waals surface area contributed by atoms with E-state index >= 15 is 0 Å². The highest BCUT2D eigenvalue weighted by Crippen LogP contribution is 2.30. The van der Waals surface area contributed by atoms with E-state index in [0.29, 0.717) is 5.69 Å². The Kier molecular flexibility index (Phi) is 5.04. The number of hydrogen-bond acceptors (Lipinski definition) is 3. The molecule has 2 aromatic rings. The van der Waals surface area contributed by atoms with Gasteiger partial charge in [0.05, 0.1) is 17.5 Å². The van der Waals surface area contributed by atoms with Gasteiger partial charge in [0.25, 0.3) is 10.0 Å². The number of amides is 2. The lowest BCUT2D eigenvalue weighted by Crippen LogP contribution is -2.37. The summed E-state index contributed by atoms with van der Waals surface area (Å²) in [7, 11) is -3.93. The number of urea groups is 1. The van der Waals surface area contributed by atoms with Crippen molar-refractivity contribution in [2.24, 2.45) is 0 Å². The Bertz CT molecular complexity index is 912. The van der Waals surface area contributed by atoms with E-state index in [0.717, 1.165) is 13.3 Å². The summed E-state index contributed by atoms with van der Waals surface area (Å²) in [6.07, 6.45) is 1.58. The van der Waals surface area contributed by atoms with Crippen LogP contribution in [0.1, 0.15) is 0 Å². The van der Waals surface area contributed by atoms with Crippen molar-refractivity contribution in [1.29, 1.82) is 0 Å². The Hall–Kier alpha value is -1.64. The van der Waals surface area contributed by atoms with Crippen LogP contribution in [0.15, 0.2) is 75.0 Å². The van der Waals surface area contributed by atoms with E-state index in [4.69, 9.17) is 0 Å². The van der Waals surface area contributed by atoms with Crippen molar-refractivity contribution in [2.45, 2.75) is 10.9 Å². The fourth-order valence-electron chi connectivity index (χ4n) is 2.61. The van der Waals surface area contributed by atoms with Gasteiger partial charge in [-0.25, -0.2) is 17.5 Å². The van der Waals surface area contributed by atoms with Crippen molar-refractivity contribution in [3.63, 3.8) is 0 Å². The predicted octanol–water partition coefficient (Wildman–Crippen LogP) is 4.40. The van der Waals surface area contributed by atoms with Gasteiger partial charge in [0.1, 0.15) is 0 Å². The van der Waals surface area contributed by atoms with E-state index in [2.05, 4.69) is 38.4 Å². The molecule has 0 radical (unpaired) electrons. The van der Waals surface area contributed by atoms with Gasteiger partial charge < -0.3 is 0 Å². The van der Waals surface area contributed by atoms with Gasteiger partial charge in [0, 0.05) is 14.6 Å². The highest BCUT2D eigenvalue weighted by atomic mass is 79.9. The van der Waals surface area contributed by atoms with Gasteiger partial charge in [0.15, 0.2) is 0 Å². The fraction of sp³-hybridized carbons (Fsp3) is 0.118. The summed E-state index contributed by atoms with van der Waals surface area (Å²) in [5, 5.41) is 0. The molecule has 1 fully saturated rings. The maximum absolute atomic E-state index is 12.9. The van der Waals surface area contributed by atoms with Gasteiger partial charge in [-0.3, -0.25) is 4.90 Å². The van der Waals surface area contributed by atoms with Crippen molar-refractivity contribution in [2.75, 3.05) is 11.4 Å². The van der Waals surface area contributed by atoms with Crippen LogP contribution in [0.4, 0.5) is 10.5 Å². The lowest BCUT2D eigenvalue weighted by Gasteiger charge is -2.21. The van der Waals surface area contributed by atoms with Crippen LogP contribution >= 0.6 is 31.9 Å². The molecule has 1 heterocycles. The number of rotatable bonds is 4. The molecule has 0 spiro atoms. The Balaban J connectivity index is 1.99. The van der Waals surface area contributed by atoms with Crippen LogP contribution in [0.25, 0.3) is 0 Å². The fourth-order valence-corrected chi connectivity index (χ4v) is 4.52. The third-order valence-corrected chi connectivity index (χ3v) is 6.69. The summed E-state index contributed by atoms with van der Waals surface area (Å²) in [6, 6.07) is 12.3. The molecule has 5 nitrogen and oxygen atoms in total. The van der Waals surface area contributed by atoms with Gasteiger partial charge in [0.2, 0.25) is 0 Å². The Morgan fingerprint density at radius 2 is 1.52 bits per heavy atom. The standard InChI is InChI=1S/C17H14Br2N2O3S/c1-2-14-11-20(25(23,24)16-9-5-13(19)6-10-16)17(22)21(14)15-7-3-12(18)4-8-15/h2-10,14H,1,11H2. The number of sulfonamides is 1. The van der Waals surface area contributed by atoms with Crippen LogP contribution in [-0.2, 0) is 10.0 Å². The average Bonchev–Trinajstić information content (AvgIpc) is 2.93. The van der Waals surface area contributed by atoms with Crippen molar-refractivity contribution in [3.05, 3.63) is 70.1 Å². The number of carbonyl (C=O) groups is 1. The van der Waals surface area contributed by atoms with Crippen LogP contribution in [-0.4, -0.2) is 31.3 Å². The molecule has 1 aliphatic rings. The number of anilines is 1. The van der Waals surface area contributed by atoms with Crippen LogP contribution < -0.4 is 4.90 Å². The Morgan fingerprint density at radius 1 is 1.00 bits per heavy atom. The minimum Gasteiger partial charge on any atom is -0.285 e. The zero-order chi connectivity index (χ0) is 18.2. The first-order valence-electron chi connectivity index (χ1n) is 7.34. The lowest BCUT2D eigenvalue weighted by molar-refractivity contribution is 0.239. The summed E-state index contributed by atoms with van der Waals surface area (Å²) in [5.41, 5.74) is 0.617. The van der Waals surface area contributed by atoms with Crippen LogP contribution in [0.2, 0.25) is 0 Å².